The number of nitrogens with two attached hydrogens (primary N) is 1. The highest BCUT2D eigenvalue weighted by Crippen LogP contribution is 2.20. The van der Waals surface area contributed by atoms with E-state index in [4.69, 9.17) is 10.5 Å². The van der Waals surface area contributed by atoms with Crippen LogP contribution in [0.4, 0.5) is 4.39 Å². The number of hydrogen-bond donors (Lipinski definition) is 1. The third-order valence-corrected chi connectivity index (χ3v) is 3.44. The minimum atomic E-state index is -0.300. The second-order valence-electron chi connectivity index (χ2n) is 6.29. The van der Waals surface area contributed by atoms with Gasteiger partial charge in [0.1, 0.15) is 18.2 Å². The van der Waals surface area contributed by atoms with Crippen LogP contribution in [0.2, 0.25) is 0 Å². The summed E-state index contributed by atoms with van der Waals surface area (Å²) < 4.78 is 18.2. The molecule has 0 saturated heterocycles. The summed E-state index contributed by atoms with van der Waals surface area (Å²) in [5.41, 5.74) is 5.91. The molecule has 1 rings (SSSR count). The van der Waals surface area contributed by atoms with Gasteiger partial charge in [0.25, 0.3) is 0 Å². The van der Waals surface area contributed by atoms with Crippen molar-refractivity contribution in [3.63, 3.8) is 0 Å². The zero-order valence-corrected chi connectivity index (χ0v) is 13.2. The number of hydrogen-bond acceptors (Lipinski definition) is 3. The Kier molecular flexibility index (Phi) is 6.15. The second kappa shape index (κ2) is 7.41. The van der Waals surface area contributed by atoms with Crippen molar-refractivity contribution in [1.82, 2.24) is 4.90 Å². The molecule has 1 aromatic rings. The van der Waals surface area contributed by atoms with E-state index in [-0.39, 0.29) is 23.2 Å². The molecule has 2 N–H and O–H groups in total. The summed E-state index contributed by atoms with van der Waals surface area (Å²) >= 11 is 0. The fourth-order valence-electron chi connectivity index (χ4n) is 1.61. The number of halogens is 1. The smallest absolute Gasteiger partial charge is 0.224 e. The molecule has 1 amide bonds. The van der Waals surface area contributed by atoms with Crippen molar-refractivity contribution in [3.8, 4) is 5.75 Å². The molecular weight excluding hydrogens is 271 g/mol. The lowest BCUT2D eigenvalue weighted by atomic mass is 9.85. The number of carbonyl (C=O) groups excluding carboxylic acids is 1. The van der Waals surface area contributed by atoms with Crippen molar-refractivity contribution in [2.45, 2.75) is 33.2 Å². The van der Waals surface area contributed by atoms with Crippen LogP contribution in [-0.2, 0) is 4.79 Å². The van der Waals surface area contributed by atoms with Gasteiger partial charge < -0.3 is 15.4 Å². The van der Waals surface area contributed by atoms with Crippen LogP contribution in [0, 0.1) is 11.2 Å². The van der Waals surface area contributed by atoms with Gasteiger partial charge in [0.05, 0.1) is 6.54 Å². The van der Waals surface area contributed by atoms with Gasteiger partial charge >= 0.3 is 0 Å². The number of nitrogens with zero attached hydrogens (tertiary/aromatic N) is 1. The van der Waals surface area contributed by atoms with E-state index in [2.05, 4.69) is 0 Å². The summed E-state index contributed by atoms with van der Waals surface area (Å²) in [5, 5.41) is 0. The molecule has 0 aliphatic rings. The maximum absolute atomic E-state index is 12.7. The fourth-order valence-corrected chi connectivity index (χ4v) is 1.61. The van der Waals surface area contributed by atoms with Gasteiger partial charge in [-0.15, -0.1) is 0 Å². The van der Waals surface area contributed by atoms with Crippen LogP contribution in [0.3, 0.4) is 0 Å². The van der Waals surface area contributed by atoms with Crippen LogP contribution in [0.25, 0.3) is 0 Å². The van der Waals surface area contributed by atoms with Crippen molar-refractivity contribution in [3.05, 3.63) is 30.1 Å². The van der Waals surface area contributed by atoms with Crippen molar-refractivity contribution in [2.24, 2.45) is 11.1 Å². The Hall–Kier alpha value is -1.62. The monoisotopic (exact) mass is 296 g/mol. The first-order valence-corrected chi connectivity index (χ1v) is 7.08. The summed E-state index contributed by atoms with van der Waals surface area (Å²) in [7, 11) is 1.73. The molecule has 0 radical (unpaired) electrons. The van der Waals surface area contributed by atoms with Gasteiger partial charge in [0, 0.05) is 19.5 Å². The first-order valence-electron chi connectivity index (χ1n) is 7.08. The molecule has 4 nitrogen and oxygen atoms in total. The normalized spacial score (nSPS) is 12.9. The summed E-state index contributed by atoms with van der Waals surface area (Å²) in [4.78, 5) is 13.6. The topological polar surface area (TPSA) is 55.6 Å². The third kappa shape index (κ3) is 6.12. The van der Waals surface area contributed by atoms with Crippen molar-refractivity contribution in [2.75, 3.05) is 20.2 Å². The fraction of sp³-hybridized carbons (Fsp3) is 0.562. The van der Waals surface area contributed by atoms with E-state index in [9.17, 15) is 9.18 Å². The second-order valence-corrected chi connectivity index (χ2v) is 6.29. The Morgan fingerprint density at radius 2 is 1.90 bits per heavy atom. The first kappa shape index (κ1) is 17.4. The van der Waals surface area contributed by atoms with Gasteiger partial charge in [-0.1, -0.05) is 20.8 Å². The zero-order valence-electron chi connectivity index (χ0n) is 13.2. The van der Waals surface area contributed by atoms with Crippen LogP contribution < -0.4 is 10.5 Å². The lowest BCUT2D eigenvalue weighted by molar-refractivity contribution is -0.131. The molecule has 0 spiro atoms. The highest BCUT2D eigenvalue weighted by atomic mass is 19.1. The van der Waals surface area contributed by atoms with E-state index >= 15 is 0 Å². The highest BCUT2D eigenvalue weighted by molar-refractivity contribution is 5.76. The van der Waals surface area contributed by atoms with Crippen LogP contribution in [0.5, 0.6) is 5.75 Å². The molecule has 0 aliphatic heterocycles. The summed E-state index contributed by atoms with van der Waals surface area (Å²) in [6.07, 6.45) is 0.316. The Morgan fingerprint density at radius 1 is 1.33 bits per heavy atom. The van der Waals surface area contributed by atoms with Gasteiger partial charge in [-0.3, -0.25) is 4.79 Å². The third-order valence-electron chi connectivity index (χ3n) is 3.44. The zero-order chi connectivity index (χ0) is 16.0. The Morgan fingerprint density at radius 3 is 2.43 bits per heavy atom. The predicted octanol–water partition coefficient (Wildman–Crippen LogP) is 2.43. The molecule has 0 saturated carbocycles. The number of carbonyl (C=O) groups is 1. The standard InChI is InChI=1S/C16H25FN2O2/c1-16(2,3)14(18)11-15(20)19(4)9-10-21-13-7-5-12(17)6-8-13/h5-8,14H,9-11,18H2,1-4H3. The van der Waals surface area contributed by atoms with Crippen LogP contribution >= 0.6 is 0 Å². The maximum atomic E-state index is 12.7. The van der Waals surface area contributed by atoms with E-state index in [1.807, 2.05) is 20.8 Å². The first-order chi connectivity index (χ1) is 9.70. The molecule has 1 atom stereocenters. The summed E-state index contributed by atoms with van der Waals surface area (Å²) in [5.74, 6) is 0.287. The predicted molar refractivity (Wildman–Crippen MR) is 81.6 cm³/mol. The van der Waals surface area contributed by atoms with Gasteiger partial charge in [-0.2, -0.15) is 0 Å². The Balaban J connectivity index is 2.34. The van der Waals surface area contributed by atoms with Crippen molar-refractivity contribution >= 4 is 5.91 Å². The van der Waals surface area contributed by atoms with Gasteiger partial charge in [0.15, 0.2) is 0 Å². The van der Waals surface area contributed by atoms with Gasteiger partial charge in [-0.25, -0.2) is 4.39 Å². The molecule has 0 heterocycles. The largest absolute Gasteiger partial charge is 0.492 e. The quantitative estimate of drug-likeness (QED) is 0.877. The van der Waals surface area contributed by atoms with Crippen LogP contribution in [0.15, 0.2) is 24.3 Å². The van der Waals surface area contributed by atoms with Gasteiger partial charge in [-0.05, 0) is 29.7 Å². The Bertz CT molecular complexity index is 454. The number of likely N-dealkylation sites (N-methyl/N-ethyl adjacent to an activating group) is 1. The van der Waals surface area contributed by atoms with Crippen molar-refractivity contribution < 1.29 is 13.9 Å². The highest BCUT2D eigenvalue weighted by Gasteiger charge is 2.24. The van der Waals surface area contributed by atoms with Crippen LogP contribution in [-0.4, -0.2) is 37.0 Å². The lowest BCUT2D eigenvalue weighted by Crippen LogP contribution is -2.41. The molecule has 21 heavy (non-hydrogen) atoms. The number of benzene rings is 1. The minimum Gasteiger partial charge on any atom is -0.492 e. The molecule has 1 aromatic carbocycles. The van der Waals surface area contributed by atoms with Crippen molar-refractivity contribution in [1.29, 1.82) is 0 Å². The molecule has 0 aromatic heterocycles. The molecule has 0 bridgehead atoms. The SMILES string of the molecule is CN(CCOc1ccc(F)cc1)C(=O)CC(N)C(C)(C)C. The van der Waals surface area contributed by atoms with Crippen LogP contribution in [0.1, 0.15) is 27.2 Å². The lowest BCUT2D eigenvalue weighted by Gasteiger charge is -2.28. The maximum Gasteiger partial charge on any atom is 0.224 e. The molecular formula is C16H25FN2O2. The molecule has 0 fully saturated rings. The van der Waals surface area contributed by atoms with E-state index in [0.717, 1.165) is 0 Å². The average molecular weight is 296 g/mol. The molecule has 118 valence electrons. The number of rotatable bonds is 6. The van der Waals surface area contributed by atoms with Gasteiger partial charge in [0.2, 0.25) is 5.91 Å². The average Bonchev–Trinajstić information content (AvgIpc) is 2.39. The minimum absolute atomic E-state index is 0.000121. The number of amides is 1. The molecule has 5 heteroatoms. The van der Waals surface area contributed by atoms with E-state index < -0.39 is 0 Å². The van der Waals surface area contributed by atoms with E-state index in [1.165, 1.54) is 12.1 Å². The summed E-state index contributed by atoms with van der Waals surface area (Å²) in [6, 6.07) is 5.63. The van der Waals surface area contributed by atoms with E-state index in [0.29, 0.717) is 25.3 Å². The molecule has 1 unspecified atom stereocenters. The summed E-state index contributed by atoms with van der Waals surface area (Å²) in [6.45, 7) is 6.87. The van der Waals surface area contributed by atoms with E-state index in [1.54, 1.807) is 24.1 Å². The molecule has 0 aliphatic carbocycles. The Labute approximate surface area is 126 Å². The number of ether oxygens (including phenoxy) is 1.